The molecule has 1 aromatic rings. The number of amides is 2. The van der Waals surface area contributed by atoms with E-state index in [0.29, 0.717) is 30.1 Å². The van der Waals surface area contributed by atoms with Gasteiger partial charge in [-0.15, -0.1) is 0 Å². The first-order chi connectivity index (χ1) is 16.8. The molecule has 0 bridgehead atoms. The number of aliphatic hydroxyl groups is 1. The number of hydrogen-bond donors (Lipinski definition) is 2. The Morgan fingerprint density at radius 1 is 1.17 bits per heavy atom. The van der Waals surface area contributed by atoms with E-state index in [1.807, 2.05) is 38.1 Å². The number of nitrogens with one attached hydrogen (secondary N) is 1. The van der Waals surface area contributed by atoms with Gasteiger partial charge in [0.15, 0.2) is 0 Å². The first-order valence-electron chi connectivity index (χ1n) is 12.7. The first kappa shape index (κ1) is 27.2. The quantitative estimate of drug-likeness (QED) is 0.265. The van der Waals surface area contributed by atoms with Crippen LogP contribution in [0.5, 0.6) is 0 Å². The van der Waals surface area contributed by atoms with Crippen LogP contribution in [-0.2, 0) is 19.1 Å². The summed E-state index contributed by atoms with van der Waals surface area (Å²) in [6, 6.07) is 4.64. The van der Waals surface area contributed by atoms with Gasteiger partial charge in [0.25, 0.3) is 0 Å². The van der Waals surface area contributed by atoms with Crippen LogP contribution < -0.4 is 5.32 Å². The molecule has 0 spiro atoms. The van der Waals surface area contributed by atoms with Crippen molar-refractivity contribution in [2.24, 2.45) is 23.7 Å². The van der Waals surface area contributed by atoms with Crippen LogP contribution in [0.15, 0.2) is 30.4 Å². The lowest BCUT2D eigenvalue weighted by molar-refractivity contribution is -0.155. The van der Waals surface area contributed by atoms with E-state index in [2.05, 4.69) is 5.32 Å². The number of para-hydroxylation sites is 1. The summed E-state index contributed by atoms with van der Waals surface area (Å²) >= 11 is 6.36. The highest BCUT2D eigenvalue weighted by atomic mass is 35.5. The Bertz CT molecular complexity index is 929. The van der Waals surface area contributed by atoms with Crippen molar-refractivity contribution in [3.63, 3.8) is 0 Å². The fraction of sp³-hybridized carbons (Fsp3) is 0.593. The molecule has 2 amide bonds. The van der Waals surface area contributed by atoms with Crippen LogP contribution >= 0.6 is 11.6 Å². The normalized spacial score (nSPS) is 25.5. The van der Waals surface area contributed by atoms with E-state index in [9.17, 15) is 14.4 Å². The Balaban J connectivity index is 1.97. The summed E-state index contributed by atoms with van der Waals surface area (Å²) in [7, 11) is 0. The maximum Gasteiger partial charge on any atom is 0.310 e. The molecule has 8 heteroatoms. The molecule has 2 N–H and O–H groups in total. The molecule has 7 nitrogen and oxygen atoms in total. The lowest BCUT2D eigenvalue weighted by Crippen LogP contribution is -2.44. The summed E-state index contributed by atoms with van der Waals surface area (Å²) in [5.41, 5.74) is 1.36. The molecule has 3 rings (SSSR count). The lowest BCUT2D eigenvalue weighted by Gasteiger charge is -2.33. The zero-order valence-electron chi connectivity index (χ0n) is 20.8. The van der Waals surface area contributed by atoms with Crippen molar-refractivity contribution >= 4 is 35.1 Å². The number of nitrogens with zero attached hydrogens (tertiary/aromatic N) is 1. The van der Waals surface area contributed by atoms with Crippen LogP contribution in [0, 0.1) is 30.6 Å². The summed E-state index contributed by atoms with van der Waals surface area (Å²) < 4.78 is 5.40. The molecule has 35 heavy (non-hydrogen) atoms. The Labute approximate surface area is 212 Å². The molecule has 1 heterocycles. The fourth-order valence-electron chi connectivity index (χ4n) is 5.47. The number of carbonyl (C=O) groups excluding carboxylic acids is 3. The van der Waals surface area contributed by atoms with Crippen molar-refractivity contribution in [1.29, 1.82) is 0 Å². The molecule has 1 aromatic carbocycles. The van der Waals surface area contributed by atoms with Gasteiger partial charge in [0.05, 0.1) is 29.2 Å². The number of aryl methyl sites for hydroxylation is 1. The van der Waals surface area contributed by atoms with E-state index in [-0.39, 0.29) is 36.9 Å². The van der Waals surface area contributed by atoms with Crippen LogP contribution in [-0.4, -0.2) is 53.6 Å². The van der Waals surface area contributed by atoms with Crippen LogP contribution in [0.1, 0.15) is 51.5 Å². The molecule has 1 fully saturated rings. The molecule has 1 aliphatic carbocycles. The molecule has 0 aromatic heterocycles. The van der Waals surface area contributed by atoms with Gasteiger partial charge in [-0.3, -0.25) is 14.4 Å². The average molecular weight is 505 g/mol. The summed E-state index contributed by atoms with van der Waals surface area (Å²) in [4.78, 5) is 42.2. The highest BCUT2D eigenvalue weighted by molar-refractivity contribution is 6.34. The minimum absolute atomic E-state index is 0.0846. The number of halogens is 1. The smallest absolute Gasteiger partial charge is 0.310 e. The van der Waals surface area contributed by atoms with Crippen molar-refractivity contribution in [3.8, 4) is 0 Å². The van der Waals surface area contributed by atoms with E-state index in [1.165, 1.54) is 0 Å². The first-order valence-corrected chi connectivity index (χ1v) is 13.1. The summed E-state index contributed by atoms with van der Waals surface area (Å²) in [6.45, 7) is 6.38. The number of rotatable bonds is 11. The predicted octanol–water partition coefficient (Wildman–Crippen LogP) is 4.36. The molecular formula is C27H37ClN2O5. The predicted molar refractivity (Wildman–Crippen MR) is 136 cm³/mol. The highest BCUT2D eigenvalue weighted by Gasteiger charge is 2.57. The van der Waals surface area contributed by atoms with E-state index in [0.717, 1.165) is 24.8 Å². The number of carbonyl (C=O) groups is 3. The second-order valence-corrected chi connectivity index (χ2v) is 9.81. The Morgan fingerprint density at radius 3 is 2.60 bits per heavy atom. The van der Waals surface area contributed by atoms with Crippen molar-refractivity contribution < 1.29 is 24.2 Å². The average Bonchev–Trinajstić information content (AvgIpc) is 3.11. The van der Waals surface area contributed by atoms with Crippen molar-refractivity contribution in [3.05, 3.63) is 40.9 Å². The third-order valence-electron chi connectivity index (χ3n) is 7.09. The number of benzene rings is 1. The number of fused-ring (bicyclic) bond motifs is 1. The van der Waals surface area contributed by atoms with Crippen molar-refractivity contribution in [2.75, 3.05) is 25.1 Å². The van der Waals surface area contributed by atoms with E-state index in [1.54, 1.807) is 17.9 Å². The van der Waals surface area contributed by atoms with E-state index in [4.69, 9.17) is 21.4 Å². The van der Waals surface area contributed by atoms with E-state index < -0.39 is 23.8 Å². The molecule has 2 aliphatic rings. The Morgan fingerprint density at radius 2 is 1.94 bits per heavy atom. The standard InChI is InChI=1S/C27H37ClN2O5/c1-4-10-18-13-14-19-22(21(18)27(34)35-5-2)26(33)30(15-7-6-8-16-31)24(19)25(32)29-23-17(3)11-9-12-20(23)28/h9,11-14,18-19,21-22,24,31H,4-8,10,15-16H2,1-3H3,(H,29,32)/t18-,19+,21-,22-,24+/m1/s1. The summed E-state index contributed by atoms with van der Waals surface area (Å²) in [5.74, 6) is -2.67. The van der Waals surface area contributed by atoms with Gasteiger partial charge < -0.3 is 20.1 Å². The zero-order valence-corrected chi connectivity index (χ0v) is 21.6. The highest BCUT2D eigenvalue weighted by Crippen LogP contribution is 2.46. The lowest BCUT2D eigenvalue weighted by atomic mass is 9.69. The molecule has 0 unspecified atom stereocenters. The number of esters is 1. The third-order valence-corrected chi connectivity index (χ3v) is 7.40. The van der Waals surface area contributed by atoms with Gasteiger partial charge in [0.1, 0.15) is 6.04 Å². The number of unbranched alkanes of at least 4 members (excludes halogenated alkanes) is 2. The van der Waals surface area contributed by atoms with Crippen LogP contribution in [0.2, 0.25) is 5.02 Å². The monoisotopic (exact) mass is 504 g/mol. The third kappa shape index (κ3) is 5.89. The Hall–Kier alpha value is -2.38. The second kappa shape index (κ2) is 12.5. The number of anilines is 1. The number of ether oxygens (including phenoxy) is 1. The van der Waals surface area contributed by atoms with Crippen molar-refractivity contribution in [2.45, 2.75) is 58.9 Å². The number of hydrogen-bond acceptors (Lipinski definition) is 5. The summed E-state index contributed by atoms with van der Waals surface area (Å²) in [6.07, 6.45) is 7.62. The van der Waals surface area contributed by atoms with Crippen LogP contribution in [0.4, 0.5) is 5.69 Å². The maximum absolute atomic E-state index is 13.8. The fourth-order valence-corrected chi connectivity index (χ4v) is 5.73. The van der Waals surface area contributed by atoms with Crippen LogP contribution in [0.25, 0.3) is 0 Å². The number of likely N-dealkylation sites (tertiary alicyclic amines) is 1. The maximum atomic E-state index is 13.8. The molecule has 192 valence electrons. The molecular weight excluding hydrogens is 468 g/mol. The molecule has 1 aliphatic heterocycles. The van der Waals surface area contributed by atoms with Gasteiger partial charge in [-0.2, -0.15) is 0 Å². The molecule has 5 atom stereocenters. The minimum atomic E-state index is -0.756. The zero-order chi connectivity index (χ0) is 25.5. The van der Waals surface area contributed by atoms with E-state index >= 15 is 0 Å². The van der Waals surface area contributed by atoms with Gasteiger partial charge in [-0.05, 0) is 57.1 Å². The molecule has 0 saturated carbocycles. The van der Waals surface area contributed by atoms with Crippen LogP contribution in [0.3, 0.4) is 0 Å². The number of allylic oxidation sites excluding steroid dienone is 1. The van der Waals surface area contributed by atoms with Gasteiger partial charge in [0, 0.05) is 19.1 Å². The molecule has 1 saturated heterocycles. The van der Waals surface area contributed by atoms with Gasteiger partial charge >= 0.3 is 5.97 Å². The minimum Gasteiger partial charge on any atom is -0.466 e. The second-order valence-electron chi connectivity index (χ2n) is 9.40. The SMILES string of the molecule is CCC[C@@H]1C=C[C@H]2[C@@H](C(=O)N(CCCCCO)[C@@H]2C(=O)Nc2c(C)cccc2Cl)[C@@H]1C(=O)OCC. The van der Waals surface area contributed by atoms with Gasteiger partial charge in [-0.1, -0.05) is 49.2 Å². The number of aliphatic hydroxyl groups excluding tert-OH is 1. The summed E-state index contributed by atoms with van der Waals surface area (Å²) in [5, 5.41) is 12.5. The largest absolute Gasteiger partial charge is 0.466 e. The molecule has 0 radical (unpaired) electrons. The van der Waals surface area contributed by atoms with Gasteiger partial charge in [-0.25, -0.2) is 0 Å². The van der Waals surface area contributed by atoms with Crippen molar-refractivity contribution in [1.82, 2.24) is 4.90 Å². The van der Waals surface area contributed by atoms with Gasteiger partial charge in [0.2, 0.25) is 11.8 Å². The Kier molecular flexibility index (Phi) is 9.75. The topological polar surface area (TPSA) is 95.9 Å².